The first-order valence-electron chi connectivity index (χ1n) is 10.9. The molecule has 0 atom stereocenters. The van der Waals surface area contributed by atoms with Crippen LogP contribution in [0.1, 0.15) is 33.6 Å². The third kappa shape index (κ3) is 4.48. The van der Waals surface area contributed by atoms with Gasteiger partial charge >= 0.3 is 0 Å². The van der Waals surface area contributed by atoms with Crippen LogP contribution in [-0.2, 0) is 14.9 Å². The number of amides is 1. The number of nitrogens with one attached hydrogen (secondary N) is 1. The highest BCUT2D eigenvalue weighted by molar-refractivity contribution is 7.20. The predicted molar refractivity (Wildman–Crippen MR) is 128 cm³/mol. The molecule has 1 aliphatic heterocycles. The van der Waals surface area contributed by atoms with E-state index in [4.69, 9.17) is 9.47 Å². The largest absolute Gasteiger partial charge is 0.383 e. The van der Waals surface area contributed by atoms with Crippen LogP contribution in [0.25, 0.3) is 10.2 Å². The monoisotopic (exact) mass is 454 g/mol. The Balaban J connectivity index is 1.62. The molecule has 7 nitrogen and oxygen atoms in total. The number of rotatable bonds is 8. The number of likely N-dealkylation sites (N-methyl/N-ethyl adjacent to an activating group) is 1. The standard InChI is InChI=1S/C24H30N4O3S/c1-17-19-21(25-15-24(9-12-31-13-10-24)18-7-5-4-6-8-18)26-16-27-22(19)32-20(17)23(29)28(2)11-14-30-3/h4-8,16H,9-15H2,1-3H3,(H,25,26,27). The van der Waals surface area contributed by atoms with Crippen molar-refractivity contribution in [1.82, 2.24) is 14.9 Å². The molecule has 1 saturated heterocycles. The molecule has 170 valence electrons. The lowest BCUT2D eigenvalue weighted by molar-refractivity contribution is 0.0543. The molecular formula is C24H30N4O3S. The summed E-state index contributed by atoms with van der Waals surface area (Å²) in [6, 6.07) is 10.6. The zero-order valence-corrected chi connectivity index (χ0v) is 19.7. The number of fused-ring (bicyclic) bond motifs is 1. The zero-order chi connectivity index (χ0) is 22.6. The molecule has 1 fully saturated rings. The summed E-state index contributed by atoms with van der Waals surface area (Å²) in [5, 5.41) is 4.54. The average Bonchev–Trinajstić information content (AvgIpc) is 3.18. The van der Waals surface area contributed by atoms with Gasteiger partial charge in [0.25, 0.3) is 5.91 Å². The molecule has 3 heterocycles. The fraction of sp³-hybridized carbons (Fsp3) is 0.458. The summed E-state index contributed by atoms with van der Waals surface area (Å²) in [6.45, 7) is 5.27. The van der Waals surface area contributed by atoms with Gasteiger partial charge in [-0.2, -0.15) is 0 Å². The van der Waals surface area contributed by atoms with Crippen LogP contribution in [0.5, 0.6) is 0 Å². The maximum Gasteiger partial charge on any atom is 0.264 e. The van der Waals surface area contributed by atoms with Gasteiger partial charge in [-0.3, -0.25) is 4.79 Å². The Morgan fingerprint density at radius 1 is 1.25 bits per heavy atom. The van der Waals surface area contributed by atoms with Crippen LogP contribution in [-0.4, -0.2) is 67.8 Å². The van der Waals surface area contributed by atoms with Crippen molar-refractivity contribution < 1.29 is 14.3 Å². The van der Waals surface area contributed by atoms with Crippen molar-refractivity contribution in [3.05, 3.63) is 52.7 Å². The van der Waals surface area contributed by atoms with Crippen LogP contribution in [0.4, 0.5) is 5.82 Å². The van der Waals surface area contributed by atoms with Gasteiger partial charge in [0.1, 0.15) is 17.0 Å². The number of aromatic nitrogens is 2. The summed E-state index contributed by atoms with van der Waals surface area (Å²) in [5.41, 5.74) is 2.22. The SMILES string of the molecule is COCCN(C)C(=O)c1sc2ncnc(NCC3(c4ccccc4)CCOCC3)c2c1C. The molecule has 1 amide bonds. The van der Waals surface area contributed by atoms with E-state index in [-0.39, 0.29) is 11.3 Å². The molecule has 0 saturated carbocycles. The second kappa shape index (κ2) is 9.94. The maximum absolute atomic E-state index is 13.0. The Labute approximate surface area is 192 Å². The van der Waals surface area contributed by atoms with Gasteiger partial charge in [0.15, 0.2) is 0 Å². The van der Waals surface area contributed by atoms with E-state index >= 15 is 0 Å². The number of thiophene rings is 1. The lowest BCUT2D eigenvalue weighted by Crippen LogP contribution is -2.40. The van der Waals surface area contributed by atoms with Crippen molar-refractivity contribution in [3.8, 4) is 0 Å². The van der Waals surface area contributed by atoms with Gasteiger partial charge < -0.3 is 19.7 Å². The molecule has 0 bridgehead atoms. The highest BCUT2D eigenvalue weighted by Crippen LogP contribution is 2.37. The van der Waals surface area contributed by atoms with E-state index in [0.29, 0.717) is 18.0 Å². The number of methoxy groups -OCH3 is 1. The van der Waals surface area contributed by atoms with Gasteiger partial charge in [0.05, 0.1) is 16.9 Å². The van der Waals surface area contributed by atoms with Crippen molar-refractivity contribution in [2.75, 3.05) is 52.4 Å². The number of carbonyl (C=O) groups is 1. The topological polar surface area (TPSA) is 76.6 Å². The summed E-state index contributed by atoms with van der Waals surface area (Å²) in [6.07, 6.45) is 3.48. The molecule has 0 unspecified atom stereocenters. The highest BCUT2D eigenvalue weighted by Gasteiger charge is 2.34. The second-order valence-corrected chi connectivity index (χ2v) is 9.29. The number of aryl methyl sites for hydroxylation is 1. The van der Waals surface area contributed by atoms with Crippen LogP contribution >= 0.6 is 11.3 Å². The summed E-state index contributed by atoms with van der Waals surface area (Å²) in [4.78, 5) is 25.2. The molecule has 1 aromatic carbocycles. The zero-order valence-electron chi connectivity index (χ0n) is 18.9. The van der Waals surface area contributed by atoms with E-state index in [1.54, 1.807) is 25.4 Å². The maximum atomic E-state index is 13.0. The molecule has 32 heavy (non-hydrogen) atoms. The fourth-order valence-corrected chi connectivity index (χ4v) is 5.43. The number of benzene rings is 1. The summed E-state index contributed by atoms with van der Waals surface area (Å²) >= 11 is 1.42. The molecule has 1 N–H and O–H groups in total. The Bertz CT molecular complexity index is 1060. The number of hydrogen-bond acceptors (Lipinski definition) is 7. The van der Waals surface area contributed by atoms with Crippen LogP contribution in [0.2, 0.25) is 0 Å². The van der Waals surface area contributed by atoms with Gasteiger partial charge in [-0.15, -0.1) is 11.3 Å². The van der Waals surface area contributed by atoms with Gasteiger partial charge in [-0.25, -0.2) is 9.97 Å². The van der Waals surface area contributed by atoms with Gasteiger partial charge in [-0.1, -0.05) is 30.3 Å². The highest BCUT2D eigenvalue weighted by atomic mass is 32.1. The van der Waals surface area contributed by atoms with E-state index in [1.165, 1.54) is 16.9 Å². The fourth-order valence-electron chi connectivity index (χ4n) is 4.29. The number of ether oxygens (including phenoxy) is 2. The minimum atomic E-state index is -0.0151. The third-order valence-corrected chi connectivity index (χ3v) is 7.52. The molecule has 4 rings (SSSR count). The van der Waals surface area contributed by atoms with Crippen molar-refractivity contribution in [1.29, 1.82) is 0 Å². The molecule has 0 radical (unpaired) electrons. The van der Waals surface area contributed by atoms with Crippen LogP contribution in [0.15, 0.2) is 36.7 Å². The Morgan fingerprint density at radius 3 is 2.72 bits per heavy atom. The first-order chi connectivity index (χ1) is 15.6. The first kappa shape index (κ1) is 22.6. The van der Waals surface area contributed by atoms with Crippen LogP contribution in [0.3, 0.4) is 0 Å². The number of carbonyl (C=O) groups excluding carboxylic acids is 1. The summed E-state index contributed by atoms with van der Waals surface area (Å²) in [7, 11) is 3.43. The molecule has 2 aromatic heterocycles. The van der Waals surface area contributed by atoms with E-state index in [9.17, 15) is 4.79 Å². The van der Waals surface area contributed by atoms with Crippen LogP contribution < -0.4 is 5.32 Å². The minimum absolute atomic E-state index is 0.0142. The van der Waals surface area contributed by atoms with Crippen molar-refractivity contribution in [3.63, 3.8) is 0 Å². The molecular weight excluding hydrogens is 424 g/mol. The first-order valence-corrected chi connectivity index (χ1v) is 11.7. The Morgan fingerprint density at radius 2 is 2.00 bits per heavy atom. The molecule has 1 aliphatic rings. The van der Waals surface area contributed by atoms with Gasteiger partial charge in [0, 0.05) is 45.9 Å². The van der Waals surface area contributed by atoms with Crippen molar-refractivity contribution in [2.45, 2.75) is 25.2 Å². The van der Waals surface area contributed by atoms with Crippen LogP contribution in [0, 0.1) is 6.92 Å². The van der Waals surface area contributed by atoms with Crippen molar-refractivity contribution >= 4 is 33.3 Å². The molecule has 0 spiro atoms. The molecule has 3 aromatic rings. The minimum Gasteiger partial charge on any atom is -0.383 e. The normalized spacial score (nSPS) is 15.6. The number of hydrogen-bond donors (Lipinski definition) is 1. The summed E-state index contributed by atoms with van der Waals surface area (Å²) < 4.78 is 10.8. The lowest BCUT2D eigenvalue weighted by Gasteiger charge is -2.38. The average molecular weight is 455 g/mol. The Hall–Kier alpha value is -2.55. The number of anilines is 1. The van der Waals surface area contributed by atoms with Gasteiger partial charge in [0.2, 0.25) is 0 Å². The lowest BCUT2D eigenvalue weighted by atomic mass is 9.74. The van der Waals surface area contributed by atoms with E-state index in [2.05, 4.69) is 45.6 Å². The molecule has 8 heteroatoms. The number of nitrogens with zero attached hydrogens (tertiary/aromatic N) is 3. The van der Waals surface area contributed by atoms with E-state index < -0.39 is 0 Å². The predicted octanol–water partition coefficient (Wildman–Crippen LogP) is 3.88. The van der Waals surface area contributed by atoms with E-state index in [0.717, 1.165) is 54.2 Å². The third-order valence-electron chi connectivity index (χ3n) is 6.33. The Kier molecular flexibility index (Phi) is 7.03. The van der Waals surface area contributed by atoms with Gasteiger partial charge in [-0.05, 0) is 30.9 Å². The smallest absolute Gasteiger partial charge is 0.264 e. The van der Waals surface area contributed by atoms with E-state index in [1.807, 2.05) is 6.92 Å². The van der Waals surface area contributed by atoms with Crippen molar-refractivity contribution in [2.24, 2.45) is 0 Å². The molecule has 0 aliphatic carbocycles. The quantitative estimate of drug-likeness (QED) is 0.557. The second-order valence-electron chi connectivity index (χ2n) is 8.29. The summed E-state index contributed by atoms with van der Waals surface area (Å²) in [5.74, 6) is 0.767.